The zero-order chi connectivity index (χ0) is 18.0. The van der Waals surface area contributed by atoms with Crippen molar-refractivity contribution in [1.29, 1.82) is 0 Å². The van der Waals surface area contributed by atoms with Gasteiger partial charge in [0.25, 0.3) is 0 Å². The molecule has 1 N–H and O–H groups in total. The fourth-order valence-electron chi connectivity index (χ4n) is 2.44. The molecule has 1 unspecified atom stereocenters. The molecule has 0 saturated heterocycles. The summed E-state index contributed by atoms with van der Waals surface area (Å²) >= 11 is 0. The Bertz CT molecular complexity index is 982. The van der Waals surface area contributed by atoms with Gasteiger partial charge in [-0.3, -0.25) is 0 Å². The first-order valence-electron chi connectivity index (χ1n) is 7.66. The van der Waals surface area contributed by atoms with Crippen LogP contribution in [-0.2, 0) is 10.0 Å². The lowest BCUT2D eigenvalue weighted by Gasteiger charge is -2.12. The van der Waals surface area contributed by atoms with Crippen molar-refractivity contribution in [3.63, 3.8) is 0 Å². The number of hydrogen-bond acceptors (Lipinski definition) is 4. The molecule has 5 nitrogen and oxygen atoms in total. The molecule has 7 heteroatoms. The maximum atomic E-state index is 13.0. The van der Waals surface area contributed by atoms with E-state index in [1.807, 2.05) is 0 Å². The molecule has 0 aliphatic heterocycles. The lowest BCUT2D eigenvalue weighted by molar-refractivity contribution is 0.452. The number of benzene rings is 2. The number of aromatic nitrogens is 1. The number of halogens is 1. The van der Waals surface area contributed by atoms with E-state index in [-0.39, 0.29) is 16.6 Å². The van der Waals surface area contributed by atoms with Gasteiger partial charge in [0.05, 0.1) is 17.1 Å². The molecule has 0 saturated carbocycles. The van der Waals surface area contributed by atoms with Crippen LogP contribution in [0.4, 0.5) is 4.39 Å². The number of oxazole rings is 1. The first-order chi connectivity index (χ1) is 11.9. The molecule has 0 spiro atoms. The maximum Gasteiger partial charge on any atom is 0.241 e. The minimum atomic E-state index is -3.70. The number of nitrogens with zero attached hydrogens (tertiary/aromatic N) is 1. The van der Waals surface area contributed by atoms with Crippen LogP contribution in [0.15, 0.2) is 64.0 Å². The molecule has 0 amide bonds. The Morgan fingerprint density at radius 3 is 2.48 bits per heavy atom. The Morgan fingerprint density at radius 2 is 1.80 bits per heavy atom. The van der Waals surface area contributed by atoms with Crippen LogP contribution in [0.3, 0.4) is 0 Å². The fourth-order valence-corrected chi connectivity index (χ4v) is 3.88. The van der Waals surface area contributed by atoms with E-state index < -0.39 is 16.1 Å². The molecule has 1 heterocycles. The van der Waals surface area contributed by atoms with E-state index in [4.69, 9.17) is 4.42 Å². The SMILES string of the molecule is Cc1ccccc1S(=O)(=O)NC(C)c1ncc(-c2ccc(F)cc2)o1. The number of rotatable bonds is 5. The Balaban J connectivity index is 1.81. The highest BCUT2D eigenvalue weighted by Gasteiger charge is 2.23. The monoisotopic (exact) mass is 360 g/mol. The molecular formula is C18H17FN2O3S. The van der Waals surface area contributed by atoms with Crippen molar-refractivity contribution in [2.24, 2.45) is 0 Å². The molecule has 1 atom stereocenters. The highest BCUT2D eigenvalue weighted by Crippen LogP contribution is 2.24. The van der Waals surface area contributed by atoms with E-state index in [1.165, 1.54) is 18.3 Å². The quantitative estimate of drug-likeness (QED) is 0.751. The number of hydrogen-bond donors (Lipinski definition) is 1. The summed E-state index contributed by atoms with van der Waals surface area (Å²) < 4.78 is 46.2. The third-order valence-electron chi connectivity index (χ3n) is 3.74. The zero-order valence-corrected chi connectivity index (χ0v) is 14.5. The summed E-state index contributed by atoms with van der Waals surface area (Å²) in [6.45, 7) is 3.38. The summed E-state index contributed by atoms with van der Waals surface area (Å²) in [5.41, 5.74) is 1.32. The van der Waals surface area contributed by atoms with E-state index in [2.05, 4.69) is 9.71 Å². The van der Waals surface area contributed by atoms with Gasteiger partial charge < -0.3 is 4.42 Å². The van der Waals surface area contributed by atoms with Gasteiger partial charge in [-0.1, -0.05) is 18.2 Å². The summed E-state index contributed by atoms with van der Waals surface area (Å²) in [6.07, 6.45) is 1.49. The predicted molar refractivity (Wildman–Crippen MR) is 91.8 cm³/mol. The molecule has 0 radical (unpaired) electrons. The molecule has 0 aliphatic carbocycles. The van der Waals surface area contributed by atoms with Crippen molar-refractivity contribution in [2.45, 2.75) is 24.8 Å². The van der Waals surface area contributed by atoms with Gasteiger partial charge in [0.1, 0.15) is 5.82 Å². The molecule has 130 valence electrons. The van der Waals surface area contributed by atoms with Crippen LogP contribution in [0.5, 0.6) is 0 Å². The molecule has 1 aromatic heterocycles. The van der Waals surface area contributed by atoms with E-state index >= 15 is 0 Å². The molecule has 0 aliphatic rings. The van der Waals surface area contributed by atoms with Crippen molar-refractivity contribution < 1.29 is 17.2 Å². The van der Waals surface area contributed by atoms with Gasteiger partial charge in [-0.05, 0) is 49.7 Å². The Morgan fingerprint density at radius 1 is 1.12 bits per heavy atom. The van der Waals surface area contributed by atoms with E-state index in [0.29, 0.717) is 16.9 Å². The summed E-state index contributed by atoms with van der Waals surface area (Å²) in [6, 6.07) is 11.9. The average molecular weight is 360 g/mol. The molecule has 3 aromatic rings. The highest BCUT2D eigenvalue weighted by molar-refractivity contribution is 7.89. The number of nitrogens with one attached hydrogen (secondary N) is 1. The summed E-state index contributed by atoms with van der Waals surface area (Å²) in [7, 11) is -3.70. The molecule has 3 rings (SSSR count). The van der Waals surface area contributed by atoms with Crippen molar-refractivity contribution in [2.75, 3.05) is 0 Å². The van der Waals surface area contributed by atoms with Crippen molar-refractivity contribution >= 4 is 10.0 Å². The lowest BCUT2D eigenvalue weighted by atomic mass is 10.2. The van der Waals surface area contributed by atoms with E-state index in [0.717, 1.165) is 0 Å². The smallest absolute Gasteiger partial charge is 0.241 e. The van der Waals surface area contributed by atoms with Gasteiger partial charge in [0.15, 0.2) is 5.76 Å². The molecule has 2 aromatic carbocycles. The van der Waals surface area contributed by atoms with Gasteiger partial charge in [-0.15, -0.1) is 0 Å². The average Bonchev–Trinajstić information content (AvgIpc) is 3.05. The second kappa shape index (κ2) is 6.78. The van der Waals surface area contributed by atoms with Crippen LogP contribution in [-0.4, -0.2) is 13.4 Å². The second-order valence-corrected chi connectivity index (χ2v) is 7.36. The molecule has 0 fully saturated rings. The lowest BCUT2D eigenvalue weighted by Crippen LogP contribution is -2.27. The highest BCUT2D eigenvalue weighted by atomic mass is 32.2. The normalized spacial score (nSPS) is 12.9. The summed E-state index contributed by atoms with van der Waals surface area (Å²) in [5.74, 6) is 0.330. The minimum absolute atomic E-state index is 0.215. The maximum absolute atomic E-state index is 13.0. The largest absolute Gasteiger partial charge is 0.439 e. The van der Waals surface area contributed by atoms with Gasteiger partial charge in [-0.2, -0.15) is 4.72 Å². The van der Waals surface area contributed by atoms with Crippen LogP contribution >= 0.6 is 0 Å². The van der Waals surface area contributed by atoms with Crippen LogP contribution in [0, 0.1) is 12.7 Å². The predicted octanol–water partition coefficient (Wildman–Crippen LogP) is 3.83. The van der Waals surface area contributed by atoms with E-state index in [1.54, 1.807) is 50.2 Å². The minimum Gasteiger partial charge on any atom is -0.439 e. The number of sulfonamides is 1. The zero-order valence-electron chi connectivity index (χ0n) is 13.7. The molecular weight excluding hydrogens is 343 g/mol. The van der Waals surface area contributed by atoms with Crippen molar-refractivity contribution in [1.82, 2.24) is 9.71 Å². The second-order valence-electron chi connectivity index (χ2n) is 5.68. The Hall–Kier alpha value is -2.51. The number of aryl methyl sites for hydroxylation is 1. The van der Waals surface area contributed by atoms with Gasteiger partial charge in [-0.25, -0.2) is 17.8 Å². The Labute approximate surface area is 145 Å². The van der Waals surface area contributed by atoms with E-state index in [9.17, 15) is 12.8 Å². The summed E-state index contributed by atoms with van der Waals surface area (Å²) in [5, 5.41) is 0. The first kappa shape index (κ1) is 17.3. The third kappa shape index (κ3) is 3.78. The fraction of sp³-hybridized carbons (Fsp3) is 0.167. The summed E-state index contributed by atoms with van der Waals surface area (Å²) in [4.78, 5) is 4.34. The molecule has 25 heavy (non-hydrogen) atoms. The molecule has 0 bridgehead atoms. The Kier molecular flexibility index (Phi) is 4.69. The third-order valence-corrected chi connectivity index (χ3v) is 5.44. The van der Waals surface area contributed by atoms with Crippen molar-refractivity contribution in [3.8, 4) is 11.3 Å². The van der Waals surface area contributed by atoms with Crippen LogP contribution in [0.2, 0.25) is 0 Å². The standard InChI is InChI=1S/C18H17FN2O3S/c1-12-5-3-4-6-17(12)25(22,23)21-13(2)18-20-11-16(24-18)14-7-9-15(19)10-8-14/h3-11,13,21H,1-2H3. The first-order valence-corrected chi connectivity index (χ1v) is 9.15. The van der Waals surface area contributed by atoms with Gasteiger partial charge in [0, 0.05) is 5.56 Å². The van der Waals surface area contributed by atoms with Crippen molar-refractivity contribution in [3.05, 3.63) is 72.0 Å². The van der Waals surface area contributed by atoms with Crippen LogP contribution in [0.1, 0.15) is 24.4 Å². The van der Waals surface area contributed by atoms with Gasteiger partial charge >= 0.3 is 0 Å². The van der Waals surface area contributed by atoms with Crippen LogP contribution < -0.4 is 4.72 Å². The topological polar surface area (TPSA) is 72.2 Å². The van der Waals surface area contributed by atoms with Crippen LogP contribution in [0.25, 0.3) is 11.3 Å². The van der Waals surface area contributed by atoms with Gasteiger partial charge in [0.2, 0.25) is 15.9 Å².